The van der Waals surface area contributed by atoms with Gasteiger partial charge in [-0.05, 0) is 54.7 Å². The Kier molecular flexibility index (Phi) is 6.53. The maximum absolute atomic E-state index is 13.4. The second kappa shape index (κ2) is 10.1. The van der Waals surface area contributed by atoms with Gasteiger partial charge in [-0.3, -0.25) is 9.59 Å². The first-order valence-electron chi connectivity index (χ1n) is 12.1. The lowest BCUT2D eigenvalue weighted by molar-refractivity contribution is -0.125. The van der Waals surface area contributed by atoms with Crippen LogP contribution in [0.3, 0.4) is 0 Å². The minimum atomic E-state index is -0.638. The molecule has 3 aromatic carbocycles. The summed E-state index contributed by atoms with van der Waals surface area (Å²) in [5.41, 5.74) is 4.63. The Morgan fingerprint density at radius 3 is 2.63 bits per heavy atom. The average molecular weight is 468 g/mol. The van der Waals surface area contributed by atoms with Crippen LogP contribution in [0.4, 0.5) is 0 Å². The van der Waals surface area contributed by atoms with Crippen LogP contribution in [0.2, 0.25) is 0 Å². The number of carbonyl (C=O) groups is 2. The van der Waals surface area contributed by atoms with E-state index in [4.69, 9.17) is 4.74 Å². The zero-order chi connectivity index (χ0) is 24.2. The van der Waals surface area contributed by atoms with E-state index in [0.29, 0.717) is 38.1 Å². The third-order valence-electron chi connectivity index (χ3n) is 6.57. The molecule has 1 atom stereocenters. The minimum Gasteiger partial charge on any atom is -0.494 e. The molecule has 2 heterocycles. The summed E-state index contributed by atoms with van der Waals surface area (Å²) in [6.45, 7) is 3.45. The lowest BCUT2D eigenvalue weighted by Crippen LogP contribution is -2.40. The van der Waals surface area contributed by atoms with Crippen molar-refractivity contribution in [1.29, 1.82) is 0 Å². The predicted molar refractivity (Wildman–Crippen MR) is 137 cm³/mol. The maximum Gasteiger partial charge on any atom is 0.255 e. The molecule has 0 fully saturated rings. The van der Waals surface area contributed by atoms with Crippen molar-refractivity contribution in [3.05, 3.63) is 101 Å². The van der Waals surface area contributed by atoms with E-state index in [0.717, 1.165) is 33.3 Å². The zero-order valence-electron chi connectivity index (χ0n) is 19.8. The minimum absolute atomic E-state index is 0.105. The van der Waals surface area contributed by atoms with Gasteiger partial charge in [-0.25, -0.2) is 0 Å². The van der Waals surface area contributed by atoms with Gasteiger partial charge in [0.25, 0.3) is 5.91 Å². The summed E-state index contributed by atoms with van der Waals surface area (Å²) >= 11 is 0. The van der Waals surface area contributed by atoms with E-state index in [1.165, 1.54) is 0 Å². The number of hydrogen-bond donors (Lipinski definition) is 2. The molecule has 6 nitrogen and oxygen atoms in total. The van der Waals surface area contributed by atoms with Gasteiger partial charge in [0, 0.05) is 35.8 Å². The van der Waals surface area contributed by atoms with Crippen LogP contribution in [-0.2, 0) is 17.6 Å². The Balaban J connectivity index is 1.31. The molecule has 0 saturated carbocycles. The van der Waals surface area contributed by atoms with Crippen molar-refractivity contribution in [1.82, 2.24) is 15.2 Å². The lowest BCUT2D eigenvalue weighted by Gasteiger charge is -2.25. The first-order valence-corrected chi connectivity index (χ1v) is 12.1. The highest BCUT2D eigenvalue weighted by molar-refractivity contribution is 6.04. The number of benzene rings is 3. The molecule has 0 aliphatic carbocycles. The fourth-order valence-electron chi connectivity index (χ4n) is 4.89. The summed E-state index contributed by atoms with van der Waals surface area (Å²) in [6.07, 6.45) is 3.31. The molecule has 1 unspecified atom stereocenters. The predicted octanol–water partition coefficient (Wildman–Crippen LogP) is 4.67. The van der Waals surface area contributed by atoms with Crippen LogP contribution in [0.1, 0.15) is 40.0 Å². The lowest BCUT2D eigenvalue weighted by atomic mass is 10.0. The maximum atomic E-state index is 13.4. The average Bonchev–Trinajstić information content (AvgIpc) is 3.42. The van der Waals surface area contributed by atoms with Gasteiger partial charge in [0.05, 0.1) is 6.61 Å². The summed E-state index contributed by atoms with van der Waals surface area (Å²) in [5.74, 6) is 0.561. The number of fused-ring (bicyclic) bond motifs is 2. The first kappa shape index (κ1) is 22.7. The summed E-state index contributed by atoms with van der Waals surface area (Å²) in [6, 6.07) is 22.8. The number of nitrogens with one attached hydrogen (secondary N) is 2. The number of hydrogen-bond acceptors (Lipinski definition) is 3. The Hall–Kier alpha value is -4.06. The summed E-state index contributed by atoms with van der Waals surface area (Å²) in [5, 5.41) is 4.24. The highest BCUT2D eigenvalue weighted by Crippen LogP contribution is 2.34. The van der Waals surface area contributed by atoms with E-state index >= 15 is 0 Å². The number of H-pyrrole nitrogens is 1. The van der Waals surface area contributed by atoms with Gasteiger partial charge in [-0.2, -0.15) is 0 Å². The zero-order valence-corrected chi connectivity index (χ0v) is 19.8. The number of ether oxygens (including phenoxy) is 1. The van der Waals surface area contributed by atoms with E-state index in [9.17, 15) is 9.59 Å². The van der Waals surface area contributed by atoms with Crippen LogP contribution >= 0.6 is 0 Å². The van der Waals surface area contributed by atoms with E-state index in [-0.39, 0.29) is 11.8 Å². The Labute approximate surface area is 204 Å². The van der Waals surface area contributed by atoms with Gasteiger partial charge in [0.15, 0.2) is 0 Å². The Morgan fingerprint density at radius 1 is 0.971 bits per heavy atom. The molecule has 1 aromatic heterocycles. The molecule has 0 saturated heterocycles. The van der Waals surface area contributed by atoms with Crippen molar-refractivity contribution >= 4 is 22.7 Å². The molecule has 0 spiro atoms. The van der Waals surface area contributed by atoms with E-state index < -0.39 is 6.04 Å². The number of aromatic nitrogens is 1. The molecule has 178 valence electrons. The van der Waals surface area contributed by atoms with Gasteiger partial charge >= 0.3 is 0 Å². The largest absolute Gasteiger partial charge is 0.494 e. The van der Waals surface area contributed by atoms with Gasteiger partial charge in [0.2, 0.25) is 5.91 Å². The van der Waals surface area contributed by atoms with E-state index in [2.05, 4.69) is 16.4 Å². The molecule has 4 aromatic rings. The topological polar surface area (TPSA) is 74.4 Å². The fraction of sp³-hybridized carbons (Fsp3) is 0.241. The molecule has 0 radical (unpaired) electrons. The molecule has 1 aliphatic heterocycles. The van der Waals surface area contributed by atoms with Crippen molar-refractivity contribution < 1.29 is 14.3 Å². The molecular formula is C29H29N3O3. The third kappa shape index (κ3) is 4.52. The number of para-hydroxylation sites is 2. The van der Waals surface area contributed by atoms with E-state index in [1.807, 2.05) is 73.8 Å². The van der Waals surface area contributed by atoms with Crippen LogP contribution in [0.25, 0.3) is 10.9 Å². The van der Waals surface area contributed by atoms with Gasteiger partial charge in [-0.15, -0.1) is 0 Å². The Morgan fingerprint density at radius 2 is 1.74 bits per heavy atom. The van der Waals surface area contributed by atoms with Gasteiger partial charge in [0.1, 0.15) is 11.8 Å². The van der Waals surface area contributed by atoms with Crippen LogP contribution in [0, 0.1) is 0 Å². The number of aromatic amines is 1. The van der Waals surface area contributed by atoms with Gasteiger partial charge in [-0.1, -0.05) is 54.6 Å². The molecule has 35 heavy (non-hydrogen) atoms. The summed E-state index contributed by atoms with van der Waals surface area (Å²) in [4.78, 5) is 31.6. The highest BCUT2D eigenvalue weighted by Gasteiger charge is 2.40. The summed E-state index contributed by atoms with van der Waals surface area (Å²) < 4.78 is 5.75. The molecule has 0 bridgehead atoms. The highest BCUT2D eigenvalue weighted by atomic mass is 16.5. The van der Waals surface area contributed by atoms with Crippen molar-refractivity contribution in [3.8, 4) is 5.75 Å². The molecule has 5 rings (SSSR count). The second-order valence-electron chi connectivity index (χ2n) is 8.68. The fourth-order valence-corrected chi connectivity index (χ4v) is 4.89. The molecule has 2 amide bonds. The second-order valence-corrected chi connectivity index (χ2v) is 8.68. The quantitative estimate of drug-likeness (QED) is 0.376. The van der Waals surface area contributed by atoms with Crippen molar-refractivity contribution in [2.75, 3.05) is 19.7 Å². The standard InChI is InChI=1S/C29H29N3O3/c1-2-35-26-14-8-3-9-20(26)16-18-32-27(23-11-4-5-12-24(23)29(32)34)28(33)30-17-15-21-19-31-25-13-7-6-10-22(21)25/h3-14,19,27,31H,2,15-18H2,1H3,(H,30,33). The van der Waals surface area contributed by atoms with Crippen LogP contribution in [0.15, 0.2) is 79.0 Å². The van der Waals surface area contributed by atoms with Crippen LogP contribution in [-0.4, -0.2) is 41.4 Å². The van der Waals surface area contributed by atoms with Crippen LogP contribution < -0.4 is 10.1 Å². The molecular weight excluding hydrogens is 438 g/mol. The third-order valence-corrected chi connectivity index (χ3v) is 6.57. The number of carbonyl (C=O) groups excluding carboxylic acids is 2. The van der Waals surface area contributed by atoms with Crippen LogP contribution in [0.5, 0.6) is 5.75 Å². The van der Waals surface area contributed by atoms with Crippen molar-refractivity contribution in [2.24, 2.45) is 0 Å². The number of nitrogens with zero attached hydrogens (tertiary/aromatic N) is 1. The van der Waals surface area contributed by atoms with E-state index in [1.54, 1.807) is 11.0 Å². The van der Waals surface area contributed by atoms with Gasteiger partial charge < -0.3 is 19.9 Å². The van der Waals surface area contributed by atoms with Crippen molar-refractivity contribution in [3.63, 3.8) is 0 Å². The molecule has 6 heteroatoms. The SMILES string of the molecule is CCOc1ccccc1CCN1C(=O)c2ccccc2C1C(=O)NCCc1c[nH]c2ccccc12. The smallest absolute Gasteiger partial charge is 0.255 e. The number of rotatable bonds is 9. The Bertz CT molecular complexity index is 1360. The number of amides is 2. The summed E-state index contributed by atoms with van der Waals surface area (Å²) in [7, 11) is 0. The van der Waals surface area contributed by atoms with Crippen molar-refractivity contribution in [2.45, 2.75) is 25.8 Å². The molecule has 2 N–H and O–H groups in total. The normalized spacial score (nSPS) is 14.8. The molecule has 1 aliphatic rings. The first-order chi connectivity index (χ1) is 17.2. The monoisotopic (exact) mass is 467 g/mol.